The van der Waals surface area contributed by atoms with Crippen molar-refractivity contribution in [3.8, 4) is 22.6 Å². The normalized spacial score (nSPS) is 18.6. The lowest BCUT2D eigenvalue weighted by Gasteiger charge is -2.45. The summed E-state index contributed by atoms with van der Waals surface area (Å²) in [7, 11) is 0. The maximum Gasteiger partial charge on any atom is 0.304 e. The van der Waals surface area contributed by atoms with E-state index in [9.17, 15) is 15.0 Å². The summed E-state index contributed by atoms with van der Waals surface area (Å²) in [6.45, 7) is 6.31. The van der Waals surface area contributed by atoms with Crippen molar-refractivity contribution in [1.82, 2.24) is 0 Å². The van der Waals surface area contributed by atoms with E-state index in [0.29, 0.717) is 39.3 Å². The van der Waals surface area contributed by atoms with Crippen LogP contribution >= 0.6 is 11.3 Å². The number of hydrogen-bond acceptors (Lipinski definition) is 6. The number of rotatable bonds is 12. The maximum atomic E-state index is 11.4. The lowest BCUT2D eigenvalue weighted by Crippen LogP contribution is -2.46. The number of aryl methyl sites for hydroxylation is 1. The number of benzene rings is 3. The Bertz CT molecular complexity index is 1440. The van der Waals surface area contributed by atoms with Crippen LogP contribution in [0.4, 0.5) is 0 Å². The predicted octanol–water partition coefficient (Wildman–Crippen LogP) is 6.74. The lowest BCUT2D eigenvalue weighted by molar-refractivity contribution is -0.140. The fraction of sp³-hybridized carbons (Fsp3) is 0.344. The van der Waals surface area contributed by atoms with Crippen molar-refractivity contribution in [2.75, 3.05) is 19.8 Å². The van der Waals surface area contributed by atoms with Gasteiger partial charge >= 0.3 is 5.97 Å². The first kappa shape index (κ1) is 27.2. The molecule has 4 aromatic rings. The number of thiophene rings is 1. The molecule has 0 aliphatic heterocycles. The van der Waals surface area contributed by atoms with Crippen molar-refractivity contribution in [1.29, 1.82) is 0 Å². The highest BCUT2D eigenvalue weighted by atomic mass is 32.1. The SMILES string of the molecule is CCOCCOc1ccc(-c2csc3ccc(COc4ccc([C@]5(CC(=O)O)C[C@@H](O)C5)cc4)cc23)c(C)c1. The summed E-state index contributed by atoms with van der Waals surface area (Å²) in [4.78, 5) is 11.4. The Balaban J connectivity index is 1.27. The largest absolute Gasteiger partial charge is 0.491 e. The minimum atomic E-state index is -0.845. The molecule has 0 spiro atoms. The summed E-state index contributed by atoms with van der Waals surface area (Å²) in [5.74, 6) is 0.728. The zero-order chi connectivity index (χ0) is 27.4. The van der Waals surface area contributed by atoms with Gasteiger partial charge in [-0.3, -0.25) is 4.79 Å². The zero-order valence-corrected chi connectivity index (χ0v) is 23.1. The van der Waals surface area contributed by atoms with Gasteiger partial charge < -0.3 is 24.4 Å². The van der Waals surface area contributed by atoms with E-state index in [1.165, 1.54) is 21.2 Å². The Morgan fingerprint density at radius 2 is 1.74 bits per heavy atom. The van der Waals surface area contributed by atoms with Gasteiger partial charge in [-0.05, 0) is 90.7 Å². The van der Waals surface area contributed by atoms with Gasteiger partial charge in [-0.2, -0.15) is 0 Å². The number of aliphatic carboxylic acids is 1. The molecule has 0 unspecified atom stereocenters. The third-order valence-corrected chi connectivity index (χ3v) is 8.40. The van der Waals surface area contributed by atoms with Gasteiger partial charge in [0.05, 0.1) is 19.1 Å². The molecule has 39 heavy (non-hydrogen) atoms. The highest BCUT2D eigenvalue weighted by Gasteiger charge is 2.46. The van der Waals surface area contributed by atoms with E-state index in [1.807, 2.05) is 37.3 Å². The molecule has 204 valence electrons. The molecule has 1 saturated carbocycles. The average Bonchev–Trinajstić information content (AvgIpc) is 3.32. The fourth-order valence-electron chi connectivity index (χ4n) is 5.45. The molecule has 0 saturated heterocycles. The molecule has 0 atom stereocenters. The van der Waals surface area contributed by atoms with Gasteiger partial charge in [-0.1, -0.05) is 24.3 Å². The van der Waals surface area contributed by atoms with E-state index in [1.54, 1.807) is 11.3 Å². The van der Waals surface area contributed by atoms with Crippen molar-refractivity contribution >= 4 is 27.4 Å². The number of carbonyl (C=O) groups is 1. The Labute approximate surface area is 232 Å². The molecule has 0 amide bonds. The Morgan fingerprint density at radius 3 is 2.44 bits per heavy atom. The van der Waals surface area contributed by atoms with E-state index >= 15 is 0 Å². The van der Waals surface area contributed by atoms with Gasteiger partial charge in [0.1, 0.15) is 24.7 Å². The second kappa shape index (κ2) is 11.8. The van der Waals surface area contributed by atoms with E-state index in [4.69, 9.17) is 14.2 Å². The first-order valence-electron chi connectivity index (χ1n) is 13.3. The monoisotopic (exact) mass is 546 g/mol. The highest BCUT2D eigenvalue weighted by molar-refractivity contribution is 7.17. The molecular formula is C32H34O6S. The Kier molecular flexibility index (Phi) is 8.21. The Hall–Kier alpha value is -3.39. The van der Waals surface area contributed by atoms with E-state index in [0.717, 1.165) is 28.2 Å². The highest BCUT2D eigenvalue weighted by Crippen LogP contribution is 2.47. The van der Waals surface area contributed by atoms with Crippen molar-refractivity contribution in [3.63, 3.8) is 0 Å². The number of ether oxygens (including phenoxy) is 3. The first-order chi connectivity index (χ1) is 18.9. The number of carboxylic acids is 1. The number of aliphatic hydroxyl groups excluding tert-OH is 1. The lowest BCUT2D eigenvalue weighted by atomic mass is 9.61. The van der Waals surface area contributed by atoms with Crippen LogP contribution in [0.1, 0.15) is 42.9 Å². The minimum absolute atomic E-state index is 0.0242. The molecule has 7 heteroatoms. The van der Waals surface area contributed by atoms with E-state index in [2.05, 4.69) is 42.6 Å². The van der Waals surface area contributed by atoms with Crippen LogP contribution in [0, 0.1) is 6.92 Å². The third kappa shape index (κ3) is 6.11. The standard InChI is InChI=1S/C32H34O6S/c1-3-36-12-13-37-26-9-10-27(21(2)14-26)29-20-39-30-11-4-22(15-28(29)30)19-38-25-7-5-23(6-8-25)32(18-31(34)35)16-24(33)17-32/h4-11,14-15,20,24,33H,3,12-13,16-19H2,1-2H3,(H,34,35)/t24-,32-. The first-order valence-corrected chi connectivity index (χ1v) is 14.2. The van der Waals surface area contributed by atoms with E-state index in [-0.39, 0.29) is 6.42 Å². The summed E-state index contributed by atoms with van der Waals surface area (Å²) in [5, 5.41) is 22.6. The van der Waals surface area contributed by atoms with Crippen LogP contribution < -0.4 is 9.47 Å². The van der Waals surface area contributed by atoms with E-state index < -0.39 is 17.5 Å². The molecule has 2 N–H and O–H groups in total. The molecule has 0 bridgehead atoms. The van der Waals surface area contributed by atoms with Crippen LogP contribution in [0.5, 0.6) is 11.5 Å². The second-order valence-electron chi connectivity index (χ2n) is 10.2. The van der Waals surface area contributed by atoms with Crippen molar-refractivity contribution < 1.29 is 29.2 Å². The van der Waals surface area contributed by atoms with Gasteiger partial charge in [-0.15, -0.1) is 11.3 Å². The summed E-state index contributed by atoms with van der Waals surface area (Å²) in [5.41, 5.74) is 5.06. The second-order valence-corrected chi connectivity index (χ2v) is 11.1. The molecule has 1 aliphatic carbocycles. The van der Waals surface area contributed by atoms with Crippen LogP contribution in [-0.2, 0) is 21.6 Å². The molecule has 1 aromatic heterocycles. The number of fused-ring (bicyclic) bond motifs is 1. The van der Waals surface area contributed by atoms with Crippen LogP contribution in [0.15, 0.2) is 66.0 Å². The summed E-state index contributed by atoms with van der Waals surface area (Å²) in [6.07, 6.45) is 0.547. The fourth-order valence-corrected chi connectivity index (χ4v) is 6.39. The topological polar surface area (TPSA) is 85.2 Å². The van der Waals surface area contributed by atoms with Crippen molar-refractivity contribution in [3.05, 3.63) is 82.7 Å². The molecule has 1 fully saturated rings. The number of hydrogen-bond donors (Lipinski definition) is 2. The van der Waals surface area contributed by atoms with Crippen LogP contribution in [0.25, 0.3) is 21.2 Å². The van der Waals surface area contributed by atoms with Crippen molar-refractivity contribution in [2.24, 2.45) is 0 Å². The molecule has 1 heterocycles. The maximum absolute atomic E-state index is 11.4. The quantitative estimate of drug-likeness (QED) is 0.192. The average molecular weight is 547 g/mol. The summed E-state index contributed by atoms with van der Waals surface area (Å²) < 4.78 is 18.5. The Morgan fingerprint density at radius 1 is 0.974 bits per heavy atom. The summed E-state index contributed by atoms with van der Waals surface area (Å²) in [6, 6.07) is 20.3. The molecular weight excluding hydrogens is 512 g/mol. The minimum Gasteiger partial charge on any atom is -0.491 e. The van der Waals surface area contributed by atoms with Crippen LogP contribution in [-0.4, -0.2) is 42.1 Å². The molecule has 3 aromatic carbocycles. The van der Waals surface area contributed by atoms with Gasteiger partial charge in [0.25, 0.3) is 0 Å². The number of aliphatic hydroxyl groups is 1. The number of carboxylic acid groups (broad SMARTS) is 1. The molecule has 1 aliphatic rings. The van der Waals surface area contributed by atoms with Gasteiger partial charge in [0, 0.05) is 27.7 Å². The van der Waals surface area contributed by atoms with Gasteiger partial charge in [0.2, 0.25) is 0 Å². The van der Waals surface area contributed by atoms with Crippen LogP contribution in [0.2, 0.25) is 0 Å². The zero-order valence-electron chi connectivity index (χ0n) is 22.3. The van der Waals surface area contributed by atoms with Crippen molar-refractivity contribution in [2.45, 2.75) is 51.2 Å². The molecule has 0 radical (unpaired) electrons. The van der Waals surface area contributed by atoms with Gasteiger partial charge in [0.15, 0.2) is 0 Å². The summed E-state index contributed by atoms with van der Waals surface area (Å²) >= 11 is 1.73. The third-order valence-electron chi connectivity index (χ3n) is 7.44. The smallest absolute Gasteiger partial charge is 0.304 e. The molecule has 5 rings (SSSR count). The van der Waals surface area contributed by atoms with Gasteiger partial charge in [-0.25, -0.2) is 0 Å². The molecule has 6 nitrogen and oxygen atoms in total. The van der Waals surface area contributed by atoms with Crippen LogP contribution in [0.3, 0.4) is 0 Å². The predicted molar refractivity (Wildman–Crippen MR) is 154 cm³/mol.